The molecule has 1 atom stereocenters. The number of benzene rings is 3. The number of rotatable bonds is 5. The molecule has 1 amide bonds. The molecule has 0 saturated heterocycles. The standard InChI is InChI=1S/C23H18ClN3O3/c24-17-7-4-8-18(12-17)27-14-26-20-11-16(9-10-19(20)23(27)30)22(29)25-13-21(28)15-5-2-1-3-6-15/h1-12,14,21,28H,13H2,(H,25,29)/t21-/m1/s1. The van der Waals surface area contributed by atoms with E-state index in [9.17, 15) is 14.7 Å². The Morgan fingerprint density at radius 2 is 1.87 bits per heavy atom. The van der Waals surface area contributed by atoms with Crippen LogP contribution in [0, 0.1) is 0 Å². The van der Waals surface area contributed by atoms with Crippen LogP contribution in [0.15, 0.2) is 83.9 Å². The fourth-order valence-corrected chi connectivity index (χ4v) is 3.34. The summed E-state index contributed by atoms with van der Waals surface area (Å²) in [6, 6.07) is 20.7. The quantitative estimate of drug-likeness (QED) is 0.518. The van der Waals surface area contributed by atoms with Crippen LogP contribution < -0.4 is 10.9 Å². The number of nitrogens with zero attached hydrogens (tertiary/aromatic N) is 2. The van der Waals surface area contributed by atoms with Crippen LogP contribution in [0.2, 0.25) is 5.02 Å². The highest BCUT2D eigenvalue weighted by molar-refractivity contribution is 6.30. The van der Waals surface area contributed by atoms with Gasteiger partial charge in [0.15, 0.2) is 0 Å². The fourth-order valence-electron chi connectivity index (χ4n) is 3.16. The fraction of sp³-hybridized carbons (Fsp3) is 0.0870. The van der Waals surface area contributed by atoms with Crippen LogP contribution in [0.25, 0.3) is 16.6 Å². The van der Waals surface area contributed by atoms with E-state index < -0.39 is 6.10 Å². The van der Waals surface area contributed by atoms with Gasteiger partial charge in [0, 0.05) is 17.1 Å². The van der Waals surface area contributed by atoms with Crippen molar-refractivity contribution in [2.75, 3.05) is 6.54 Å². The summed E-state index contributed by atoms with van der Waals surface area (Å²) in [5.41, 5.74) is 1.84. The Labute approximate surface area is 177 Å². The third-order valence-corrected chi connectivity index (χ3v) is 4.98. The number of halogens is 1. The summed E-state index contributed by atoms with van der Waals surface area (Å²) in [7, 11) is 0. The molecule has 7 heteroatoms. The summed E-state index contributed by atoms with van der Waals surface area (Å²) in [6.07, 6.45) is 0.607. The molecule has 0 aliphatic rings. The SMILES string of the molecule is O=C(NC[C@@H](O)c1ccccc1)c1ccc2c(=O)n(-c3cccc(Cl)c3)cnc2c1. The number of carbonyl (C=O) groups is 1. The second kappa shape index (κ2) is 8.49. The summed E-state index contributed by atoms with van der Waals surface area (Å²) in [4.78, 5) is 29.7. The Morgan fingerprint density at radius 1 is 1.07 bits per heavy atom. The molecule has 6 nitrogen and oxygen atoms in total. The first-order valence-corrected chi connectivity index (χ1v) is 9.69. The highest BCUT2D eigenvalue weighted by atomic mass is 35.5. The van der Waals surface area contributed by atoms with Gasteiger partial charge in [-0.15, -0.1) is 0 Å². The zero-order valence-electron chi connectivity index (χ0n) is 15.8. The van der Waals surface area contributed by atoms with E-state index in [1.807, 2.05) is 18.2 Å². The van der Waals surface area contributed by atoms with Crippen molar-refractivity contribution in [3.05, 3.63) is 106 Å². The van der Waals surface area contributed by atoms with E-state index in [1.54, 1.807) is 54.6 Å². The second-order valence-electron chi connectivity index (χ2n) is 6.77. The Hall–Kier alpha value is -3.48. The van der Waals surface area contributed by atoms with Crippen LogP contribution in [0.3, 0.4) is 0 Å². The third kappa shape index (κ3) is 4.10. The Balaban J connectivity index is 1.55. The largest absolute Gasteiger partial charge is 0.387 e. The van der Waals surface area contributed by atoms with E-state index in [4.69, 9.17) is 11.6 Å². The first kappa shape index (κ1) is 19.8. The molecular formula is C23H18ClN3O3. The topological polar surface area (TPSA) is 84.2 Å². The van der Waals surface area contributed by atoms with Crippen molar-refractivity contribution in [3.63, 3.8) is 0 Å². The van der Waals surface area contributed by atoms with Crippen molar-refractivity contribution >= 4 is 28.4 Å². The molecule has 0 fully saturated rings. The highest BCUT2D eigenvalue weighted by Crippen LogP contribution is 2.16. The summed E-state index contributed by atoms with van der Waals surface area (Å²) >= 11 is 6.01. The first-order chi connectivity index (χ1) is 14.5. The van der Waals surface area contributed by atoms with Crippen molar-refractivity contribution in [1.82, 2.24) is 14.9 Å². The van der Waals surface area contributed by atoms with Crippen molar-refractivity contribution in [3.8, 4) is 5.69 Å². The highest BCUT2D eigenvalue weighted by Gasteiger charge is 2.13. The molecule has 0 aliphatic carbocycles. The minimum Gasteiger partial charge on any atom is -0.387 e. The molecule has 0 spiro atoms. The monoisotopic (exact) mass is 419 g/mol. The lowest BCUT2D eigenvalue weighted by Crippen LogP contribution is -2.28. The van der Waals surface area contributed by atoms with Gasteiger partial charge in [0.25, 0.3) is 11.5 Å². The van der Waals surface area contributed by atoms with Crippen LogP contribution in [-0.2, 0) is 0 Å². The molecule has 2 N–H and O–H groups in total. The summed E-state index contributed by atoms with van der Waals surface area (Å²) in [5.74, 6) is -0.354. The van der Waals surface area contributed by atoms with E-state index in [-0.39, 0.29) is 18.0 Å². The van der Waals surface area contributed by atoms with Gasteiger partial charge in [-0.3, -0.25) is 14.2 Å². The molecule has 0 unspecified atom stereocenters. The molecule has 4 aromatic rings. The molecule has 150 valence electrons. The maximum Gasteiger partial charge on any atom is 0.265 e. The van der Waals surface area contributed by atoms with Crippen LogP contribution in [0.4, 0.5) is 0 Å². The molecule has 1 heterocycles. The van der Waals surface area contributed by atoms with E-state index >= 15 is 0 Å². The maximum absolute atomic E-state index is 12.8. The van der Waals surface area contributed by atoms with Crippen LogP contribution >= 0.6 is 11.6 Å². The predicted octanol–water partition coefficient (Wildman–Crippen LogP) is 3.50. The minimum atomic E-state index is -0.807. The molecule has 0 saturated carbocycles. The first-order valence-electron chi connectivity index (χ1n) is 9.31. The molecule has 4 rings (SSSR count). The number of amides is 1. The summed E-state index contributed by atoms with van der Waals surface area (Å²) in [5, 5.41) is 13.8. The maximum atomic E-state index is 12.8. The third-order valence-electron chi connectivity index (χ3n) is 4.75. The van der Waals surface area contributed by atoms with E-state index in [0.717, 1.165) is 5.56 Å². The molecular weight excluding hydrogens is 402 g/mol. The van der Waals surface area contributed by atoms with E-state index in [1.165, 1.54) is 10.9 Å². The van der Waals surface area contributed by atoms with Gasteiger partial charge in [0.2, 0.25) is 0 Å². The number of hydrogen-bond donors (Lipinski definition) is 2. The van der Waals surface area contributed by atoms with E-state index in [0.29, 0.717) is 27.2 Å². The minimum absolute atomic E-state index is 0.0741. The summed E-state index contributed by atoms with van der Waals surface area (Å²) < 4.78 is 1.41. The zero-order valence-corrected chi connectivity index (χ0v) is 16.6. The average Bonchev–Trinajstić information content (AvgIpc) is 2.77. The summed E-state index contributed by atoms with van der Waals surface area (Å²) in [6.45, 7) is 0.0741. The lowest BCUT2D eigenvalue weighted by molar-refractivity contribution is 0.0916. The number of aliphatic hydroxyl groups excluding tert-OH is 1. The van der Waals surface area contributed by atoms with Gasteiger partial charge in [0.05, 0.1) is 22.7 Å². The van der Waals surface area contributed by atoms with Gasteiger partial charge in [0.1, 0.15) is 6.33 Å². The van der Waals surface area contributed by atoms with Gasteiger partial charge >= 0.3 is 0 Å². The van der Waals surface area contributed by atoms with Crippen molar-refractivity contribution in [2.45, 2.75) is 6.10 Å². The van der Waals surface area contributed by atoms with Crippen LogP contribution in [-0.4, -0.2) is 27.1 Å². The number of nitrogens with one attached hydrogen (secondary N) is 1. The number of aliphatic hydroxyl groups is 1. The van der Waals surface area contributed by atoms with Gasteiger partial charge < -0.3 is 10.4 Å². The Bertz CT molecular complexity index is 1270. The molecule has 3 aromatic carbocycles. The molecule has 0 radical (unpaired) electrons. The molecule has 30 heavy (non-hydrogen) atoms. The number of aromatic nitrogens is 2. The Kier molecular flexibility index (Phi) is 5.61. The van der Waals surface area contributed by atoms with Crippen LogP contribution in [0.5, 0.6) is 0 Å². The zero-order chi connectivity index (χ0) is 21.1. The molecule has 0 aliphatic heterocycles. The lowest BCUT2D eigenvalue weighted by Gasteiger charge is -2.12. The smallest absolute Gasteiger partial charge is 0.265 e. The van der Waals surface area contributed by atoms with Gasteiger partial charge in [-0.1, -0.05) is 48.0 Å². The lowest BCUT2D eigenvalue weighted by atomic mass is 10.1. The normalized spacial score (nSPS) is 11.9. The average molecular weight is 420 g/mol. The molecule has 0 bridgehead atoms. The van der Waals surface area contributed by atoms with Crippen molar-refractivity contribution in [2.24, 2.45) is 0 Å². The van der Waals surface area contributed by atoms with Crippen molar-refractivity contribution < 1.29 is 9.90 Å². The molecule has 1 aromatic heterocycles. The number of carbonyl (C=O) groups excluding carboxylic acids is 1. The van der Waals surface area contributed by atoms with Gasteiger partial charge in [-0.05, 0) is 42.0 Å². The predicted molar refractivity (Wildman–Crippen MR) is 116 cm³/mol. The number of fused-ring (bicyclic) bond motifs is 1. The number of hydrogen-bond acceptors (Lipinski definition) is 4. The van der Waals surface area contributed by atoms with Gasteiger partial charge in [-0.25, -0.2) is 4.98 Å². The van der Waals surface area contributed by atoms with Crippen LogP contribution in [0.1, 0.15) is 22.0 Å². The van der Waals surface area contributed by atoms with Crippen molar-refractivity contribution in [1.29, 1.82) is 0 Å². The Morgan fingerprint density at radius 3 is 2.63 bits per heavy atom. The van der Waals surface area contributed by atoms with E-state index in [2.05, 4.69) is 10.3 Å². The van der Waals surface area contributed by atoms with Gasteiger partial charge in [-0.2, -0.15) is 0 Å². The second-order valence-corrected chi connectivity index (χ2v) is 7.20.